The molecule has 1 aromatic carbocycles. The van der Waals surface area contributed by atoms with Crippen LogP contribution in [0.25, 0.3) is 0 Å². The van der Waals surface area contributed by atoms with Crippen LogP contribution in [0.2, 0.25) is 0 Å². The Hall–Kier alpha value is -1.65. The fourth-order valence-electron chi connectivity index (χ4n) is 1.30. The molecule has 18 heavy (non-hydrogen) atoms. The first-order chi connectivity index (χ1) is 8.48. The Kier molecular flexibility index (Phi) is 5.07. The van der Waals surface area contributed by atoms with Crippen LogP contribution in [0.15, 0.2) is 18.2 Å². The van der Waals surface area contributed by atoms with Crippen LogP contribution < -0.4 is 4.72 Å². The maximum atomic E-state index is 13.0. The van der Waals surface area contributed by atoms with E-state index in [0.717, 1.165) is 12.1 Å². The van der Waals surface area contributed by atoms with Crippen molar-refractivity contribution in [3.63, 3.8) is 0 Å². The summed E-state index contributed by atoms with van der Waals surface area (Å²) in [6.45, 7) is 0.341. The Morgan fingerprint density at radius 3 is 2.83 bits per heavy atom. The van der Waals surface area contributed by atoms with Crippen molar-refractivity contribution in [2.45, 2.75) is 6.42 Å². The van der Waals surface area contributed by atoms with Crippen molar-refractivity contribution in [1.82, 2.24) is 0 Å². The molecule has 0 atom stereocenters. The summed E-state index contributed by atoms with van der Waals surface area (Å²) in [7, 11) is -2.02. The highest BCUT2D eigenvalue weighted by Crippen LogP contribution is 2.15. The molecule has 0 unspecified atom stereocenters. The Bertz CT molecular complexity index is 552. The average Bonchev–Trinajstić information content (AvgIpc) is 2.31. The van der Waals surface area contributed by atoms with Crippen molar-refractivity contribution >= 4 is 15.7 Å². The van der Waals surface area contributed by atoms with Crippen molar-refractivity contribution < 1.29 is 17.5 Å². The normalized spacial score (nSPS) is 10.9. The summed E-state index contributed by atoms with van der Waals surface area (Å²) in [5, 5.41) is 8.63. The predicted molar refractivity (Wildman–Crippen MR) is 65.0 cm³/mol. The summed E-state index contributed by atoms with van der Waals surface area (Å²) in [5.41, 5.74) is -0.0301. The number of ether oxygens (including phenoxy) is 1. The molecule has 98 valence electrons. The minimum absolute atomic E-state index is 0.0971. The summed E-state index contributed by atoms with van der Waals surface area (Å²) < 4.78 is 43.3. The van der Waals surface area contributed by atoms with Gasteiger partial charge in [0, 0.05) is 19.4 Å². The van der Waals surface area contributed by atoms with Gasteiger partial charge in [-0.1, -0.05) is 0 Å². The molecule has 1 rings (SSSR count). The molecular weight excluding hydrogens is 259 g/mol. The molecule has 0 fully saturated rings. The standard InChI is InChI=1S/C11H13FN2O3S/c1-17-5-2-6-18(15,16)14-10-3-4-11(12)9(7-10)8-13/h3-4,7,14H,2,5-6H2,1H3. The zero-order chi connectivity index (χ0) is 13.6. The average molecular weight is 272 g/mol. The molecule has 0 spiro atoms. The second-order valence-electron chi connectivity index (χ2n) is 3.57. The maximum Gasteiger partial charge on any atom is 0.232 e. The largest absolute Gasteiger partial charge is 0.385 e. The molecule has 5 nitrogen and oxygen atoms in total. The third-order valence-electron chi connectivity index (χ3n) is 2.12. The summed E-state index contributed by atoms with van der Waals surface area (Å²) in [5.74, 6) is -0.778. The summed E-state index contributed by atoms with van der Waals surface area (Å²) in [4.78, 5) is 0. The Morgan fingerprint density at radius 2 is 2.22 bits per heavy atom. The zero-order valence-corrected chi connectivity index (χ0v) is 10.6. The molecule has 0 saturated heterocycles. The monoisotopic (exact) mass is 272 g/mol. The summed E-state index contributed by atoms with van der Waals surface area (Å²) in [6, 6.07) is 5.11. The Balaban J connectivity index is 2.76. The van der Waals surface area contributed by atoms with Crippen LogP contribution in [0.1, 0.15) is 12.0 Å². The first-order valence-electron chi connectivity index (χ1n) is 5.17. The van der Waals surface area contributed by atoms with Crippen molar-refractivity contribution in [3.05, 3.63) is 29.6 Å². The molecular formula is C11H13FN2O3S. The fourth-order valence-corrected chi connectivity index (χ4v) is 2.38. The molecule has 7 heteroatoms. The van der Waals surface area contributed by atoms with E-state index in [-0.39, 0.29) is 17.0 Å². The Labute approximate surface area is 105 Å². The highest BCUT2D eigenvalue weighted by atomic mass is 32.2. The number of nitrogens with zero attached hydrogens (tertiary/aromatic N) is 1. The predicted octanol–water partition coefficient (Wildman–Crippen LogP) is 1.48. The lowest BCUT2D eigenvalue weighted by atomic mass is 10.2. The number of benzene rings is 1. The van der Waals surface area contributed by atoms with Crippen LogP contribution in [0, 0.1) is 17.1 Å². The lowest BCUT2D eigenvalue weighted by Gasteiger charge is -2.08. The fraction of sp³-hybridized carbons (Fsp3) is 0.364. The van der Waals surface area contributed by atoms with Gasteiger partial charge in [0.15, 0.2) is 0 Å². The van der Waals surface area contributed by atoms with Crippen LogP contribution in [0.3, 0.4) is 0 Å². The first-order valence-corrected chi connectivity index (χ1v) is 6.83. The van der Waals surface area contributed by atoms with Crippen molar-refractivity contribution in [2.24, 2.45) is 0 Å². The van der Waals surface area contributed by atoms with Crippen LogP contribution >= 0.6 is 0 Å². The van der Waals surface area contributed by atoms with Crippen LogP contribution in [0.5, 0.6) is 0 Å². The molecule has 1 N–H and O–H groups in total. The van der Waals surface area contributed by atoms with E-state index in [4.69, 9.17) is 10.00 Å². The maximum absolute atomic E-state index is 13.0. The van der Waals surface area contributed by atoms with E-state index in [1.54, 1.807) is 6.07 Å². The number of nitrogens with one attached hydrogen (secondary N) is 1. The van der Waals surface area contributed by atoms with Gasteiger partial charge in [0.2, 0.25) is 10.0 Å². The van der Waals surface area contributed by atoms with E-state index >= 15 is 0 Å². The number of hydrogen-bond acceptors (Lipinski definition) is 4. The van der Waals surface area contributed by atoms with Gasteiger partial charge < -0.3 is 4.74 Å². The van der Waals surface area contributed by atoms with E-state index in [1.807, 2.05) is 0 Å². The van der Waals surface area contributed by atoms with E-state index < -0.39 is 15.8 Å². The van der Waals surface area contributed by atoms with E-state index in [1.165, 1.54) is 13.2 Å². The number of methoxy groups -OCH3 is 1. The molecule has 0 saturated carbocycles. The summed E-state index contributed by atoms with van der Waals surface area (Å²) in [6.07, 6.45) is 0.359. The molecule has 0 bridgehead atoms. The SMILES string of the molecule is COCCCS(=O)(=O)Nc1ccc(F)c(C#N)c1. The topological polar surface area (TPSA) is 79.2 Å². The van der Waals surface area contributed by atoms with Crippen LogP contribution in [0.4, 0.5) is 10.1 Å². The van der Waals surface area contributed by atoms with Crippen LogP contribution in [-0.2, 0) is 14.8 Å². The zero-order valence-electron chi connectivity index (χ0n) is 9.81. The number of nitriles is 1. The third kappa shape index (κ3) is 4.31. The molecule has 1 aromatic rings. The lowest BCUT2D eigenvalue weighted by Crippen LogP contribution is -2.17. The van der Waals surface area contributed by atoms with E-state index in [9.17, 15) is 12.8 Å². The van der Waals surface area contributed by atoms with Crippen molar-refractivity contribution in [2.75, 3.05) is 24.2 Å². The number of anilines is 1. The van der Waals surface area contributed by atoms with Gasteiger partial charge in [0.1, 0.15) is 11.9 Å². The highest BCUT2D eigenvalue weighted by Gasteiger charge is 2.11. The number of sulfonamides is 1. The van der Waals surface area contributed by atoms with Gasteiger partial charge in [-0.25, -0.2) is 12.8 Å². The molecule has 0 aliphatic carbocycles. The van der Waals surface area contributed by atoms with Gasteiger partial charge >= 0.3 is 0 Å². The number of rotatable bonds is 6. The third-order valence-corrected chi connectivity index (χ3v) is 3.49. The lowest BCUT2D eigenvalue weighted by molar-refractivity contribution is 0.199. The minimum Gasteiger partial charge on any atom is -0.385 e. The summed E-state index contributed by atoms with van der Waals surface area (Å²) >= 11 is 0. The number of halogens is 1. The van der Waals surface area contributed by atoms with Gasteiger partial charge in [-0.2, -0.15) is 5.26 Å². The van der Waals surface area contributed by atoms with Gasteiger partial charge in [-0.05, 0) is 24.6 Å². The van der Waals surface area contributed by atoms with Crippen LogP contribution in [-0.4, -0.2) is 27.9 Å². The first kappa shape index (κ1) is 14.4. The van der Waals surface area contributed by atoms with Crippen molar-refractivity contribution in [1.29, 1.82) is 5.26 Å². The molecule has 0 amide bonds. The van der Waals surface area contributed by atoms with Gasteiger partial charge in [0.05, 0.1) is 11.3 Å². The Morgan fingerprint density at radius 1 is 1.50 bits per heavy atom. The second kappa shape index (κ2) is 6.33. The van der Waals surface area contributed by atoms with E-state index in [0.29, 0.717) is 13.0 Å². The van der Waals surface area contributed by atoms with Gasteiger partial charge in [-0.3, -0.25) is 4.72 Å². The highest BCUT2D eigenvalue weighted by molar-refractivity contribution is 7.92. The van der Waals surface area contributed by atoms with Crippen molar-refractivity contribution in [3.8, 4) is 6.07 Å². The molecule has 0 heterocycles. The van der Waals surface area contributed by atoms with Gasteiger partial charge in [0.25, 0.3) is 0 Å². The minimum atomic E-state index is -3.51. The molecule has 0 aliphatic rings. The number of hydrogen-bond donors (Lipinski definition) is 1. The molecule has 0 aromatic heterocycles. The smallest absolute Gasteiger partial charge is 0.232 e. The quantitative estimate of drug-likeness (QED) is 0.795. The molecule has 0 radical (unpaired) electrons. The van der Waals surface area contributed by atoms with E-state index in [2.05, 4.69) is 4.72 Å². The molecule has 0 aliphatic heterocycles. The second-order valence-corrected chi connectivity index (χ2v) is 5.42. The van der Waals surface area contributed by atoms with Gasteiger partial charge in [-0.15, -0.1) is 0 Å².